The van der Waals surface area contributed by atoms with Gasteiger partial charge in [-0.05, 0) is 48.9 Å². The van der Waals surface area contributed by atoms with Crippen LogP contribution in [0.25, 0.3) is 11.0 Å². The van der Waals surface area contributed by atoms with Crippen molar-refractivity contribution in [3.05, 3.63) is 59.4 Å². The minimum absolute atomic E-state index is 0.123. The molecule has 0 saturated heterocycles. The van der Waals surface area contributed by atoms with Gasteiger partial charge in [-0.15, -0.1) is 0 Å². The fourth-order valence-corrected chi connectivity index (χ4v) is 4.24. The van der Waals surface area contributed by atoms with Gasteiger partial charge in [0.2, 0.25) is 0 Å². The van der Waals surface area contributed by atoms with Crippen molar-refractivity contribution in [2.45, 2.75) is 23.7 Å². The van der Waals surface area contributed by atoms with Crippen molar-refractivity contribution in [3.63, 3.8) is 0 Å². The van der Waals surface area contributed by atoms with E-state index in [0.717, 1.165) is 6.20 Å². The predicted molar refractivity (Wildman–Crippen MR) is 91.5 cm³/mol. The second-order valence-corrected chi connectivity index (χ2v) is 7.92. The zero-order valence-electron chi connectivity index (χ0n) is 14.4. The molecule has 3 aromatic rings. The molecule has 2 heterocycles. The van der Waals surface area contributed by atoms with Gasteiger partial charge in [-0.25, -0.2) is 17.4 Å². The molecule has 3 rings (SSSR count). The van der Waals surface area contributed by atoms with E-state index < -0.39 is 38.4 Å². The lowest BCUT2D eigenvalue weighted by Gasteiger charge is -2.15. The summed E-state index contributed by atoms with van der Waals surface area (Å²) in [5, 5.41) is 0.379. The zero-order chi connectivity index (χ0) is 21.6. The number of aromatic nitrogens is 2. The van der Waals surface area contributed by atoms with Crippen molar-refractivity contribution in [1.82, 2.24) is 8.96 Å². The molecule has 2 aromatic heterocycles. The van der Waals surface area contributed by atoms with Gasteiger partial charge in [0.1, 0.15) is 0 Å². The predicted octanol–water partition coefficient (Wildman–Crippen LogP) is 3.81. The molecule has 0 aliphatic heterocycles. The van der Waals surface area contributed by atoms with Crippen LogP contribution in [0.4, 0.5) is 26.3 Å². The van der Waals surface area contributed by atoms with Gasteiger partial charge in [0.15, 0.2) is 5.65 Å². The molecule has 0 saturated carbocycles. The van der Waals surface area contributed by atoms with E-state index in [9.17, 15) is 34.8 Å². The summed E-state index contributed by atoms with van der Waals surface area (Å²) in [5.74, 6) is 0. The van der Waals surface area contributed by atoms with Crippen molar-refractivity contribution in [2.24, 2.45) is 5.73 Å². The highest BCUT2D eigenvalue weighted by molar-refractivity contribution is 7.90. The van der Waals surface area contributed by atoms with E-state index in [1.54, 1.807) is 0 Å². The fraction of sp³-hybridized carbons (Fsp3) is 0.235. The van der Waals surface area contributed by atoms with Gasteiger partial charge in [0.25, 0.3) is 10.0 Å². The third kappa shape index (κ3) is 3.94. The van der Waals surface area contributed by atoms with Gasteiger partial charge in [-0.3, -0.25) is 0 Å². The van der Waals surface area contributed by atoms with Crippen molar-refractivity contribution in [1.29, 1.82) is 0 Å². The summed E-state index contributed by atoms with van der Waals surface area (Å²) >= 11 is 0. The standard InChI is InChI=1S/C17H13F6N3O2S/c18-16(19,20)11-6-12(17(21,22)23)8-13(7-11)29(27,28)26-9-10(3-4-24)14-2-1-5-25-15(14)26/h1-2,5-9H,3-4,24H2. The Morgan fingerprint density at radius 1 is 1.00 bits per heavy atom. The SMILES string of the molecule is NCCc1cn(S(=O)(=O)c2cc(C(F)(F)F)cc(C(F)(F)F)c2)c2ncccc12. The monoisotopic (exact) mass is 437 g/mol. The Kier molecular flexibility index (Phi) is 5.11. The van der Waals surface area contributed by atoms with Crippen molar-refractivity contribution < 1.29 is 34.8 Å². The fourth-order valence-electron chi connectivity index (χ4n) is 2.82. The van der Waals surface area contributed by atoms with E-state index in [0.29, 0.717) is 14.9 Å². The van der Waals surface area contributed by atoms with Crippen LogP contribution in [0.3, 0.4) is 0 Å². The van der Waals surface area contributed by atoms with Gasteiger partial charge in [0.05, 0.1) is 16.0 Å². The van der Waals surface area contributed by atoms with Crippen LogP contribution in [0.5, 0.6) is 0 Å². The number of halogens is 6. The average molecular weight is 437 g/mol. The number of alkyl halides is 6. The second kappa shape index (κ2) is 7.02. The lowest BCUT2D eigenvalue weighted by atomic mass is 10.1. The number of benzene rings is 1. The molecule has 0 bridgehead atoms. The topological polar surface area (TPSA) is 78.0 Å². The number of rotatable bonds is 4. The third-order valence-electron chi connectivity index (χ3n) is 4.15. The molecule has 5 nitrogen and oxygen atoms in total. The Bertz CT molecular complexity index is 1130. The molecular formula is C17H13F6N3O2S. The summed E-state index contributed by atoms with van der Waals surface area (Å²) in [7, 11) is -4.82. The summed E-state index contributed by atoms with van der Waals surface area (Å²) in [6.45, 7) is 0.149. The van der Waals surface area contributed by atoms with Crippen molar-refractivity contribution in [3.8, 4) is 0 Å². The minimum Gasteiger partial charge on any atom is -0.330 e. The molecule has 29 heavy (non-hydrogen) atoms. The van der Waals surface area contributed by atoms with E-state index in [1.165, 1.54) is 18.3 Å². The molecule has 0 amide bonds. The molecule has 12 heteroatoms. The third-order valence-corrected chi connectivity index (χ3v) is 5.77. The van der Waals surface area contributed by atoms with Crippen LogP contribution in [-0.4, -0.2) is 23.9 Å². The molecule has 0 aliphatic carbocycles. The number of fused-ring (bicyclic) bond motifs is 1. The molecule has 2 N–H and O–H groups in total. The summed E-state index contributed by atoms with van der Waals surface area (Å²) in [5.41, 5.74) is 2.36. The molecule has 0 spiro atoms. The highest BCUT2D eigenvalue weighted by atomic mass is 32.2. The van der Waals surface area contributed by atoms with E-state index in [-0.39, 0.29) is 36.8 Å². The molecule has 0 radical (unpaired) electrons. The molecule has 0 atom stereocenters. The first-order valence-electron chi connectivity index (χ1n) is 8.06. The van der Waals surface area contributed by atoms with Gasteiger partial charge in [-0.2, -0.15) is 26.3 Å². The Balaban J connectivity index is 2.29. The molecule has 0 aliphatic rings. The smallest absolute Gasteiger partial charge is 0.330 e. The van der Waals surface area contributed by atoms with Gasteiger partial charge in [-0.1, -0.05) is 0 Å². The molecule has 0 fully saturated rings. The van der Waals surface area contributed by atoms with Crippen LogP contribution in [0.15, 0.2) is 47.6 Å². The molecular weight excluding hydrogens is 424 g/mol. The average Bonchev–Trinajstić information content (AvgIpc) is 3.00. The van der Waals surface area contributed by atoms with Crippen molar-refractivity contribution >= 4 is 21.1 Å². The lowest BCUT2D eigenvalue weighted by Crippen LogP contribution is -2.17. The summed E-state index contributed by atoms with van der Waals surface area (Å²) in [4.78, 5) is 2.77. The molecule has 0 unspecified atom stereocenters. The quantitative estimate of drug-likeness (QED) is 0.630. The van der Waals surface area contributed by atoms with Gasteiger partial charge < -0.3 is 5.73 Å². The summed E-state index contributed by atoms with van der Waals surface area (Å²) in [6, 6.07) is 3.26. The van der Waals surface area contributed by atoms with E-state index in [4.69, 9.17) is 5.73 Å². The van der Waals surface area contributed by atoms with Crippen LogP contribution in [0.1, 0.15) is 16.7 Å². The zero-order valence-corrected chi connectivity index (χ0v) is 15.2. The van der Waals surface area contributed by atoms with Gasteiger partial charge >= 0.3 is 12.4 Å². The van der Waals surface area contributed by atoms with E-state index in [2.05, 4.69) is 4.98 Å². The van der Waals surface area contributed by atoms with Gasteiger partial charge in [0, 0.05) is 17.8 Å². The Hall–Kier alpha value is -2.60. The first kappa shape index (κ1) is 21.1. The van der Waals surface area contributed by atoms with E-state index >= 15 is 0 Å². The lowest BCUT2D eigenvalue weighted by molar-refractivity contribution is -0.143. The van der Waals surface area contributed by atoms with Crippen LogP contribution in [-0.2, 0) is 28.8 Å². The maximum atomic E-state index is 13.1. The summed E-state index contributed by atoms with van der Waals surface area (Å²) in [6.07, 6.45) is -7.75. The van der Waals surface area contributed by atoms with E-state index in [1.807, 2.05) is 0 Å². The number of hydrogen-bond acceptors (Lipinski definition) is 4. The summed E-state index contributed by atoms with van der Waals surface area (Å²) < 4.78 is 105. The Morgan fingerprint density at radius 2 is 1.59 bits per heavy atom. The van der Waals surface area contributed by atoms with Crippen LogP contribution in [0.2, 0.25) is 0 Å². The normalized spacial score (nSPS) is 13.2. The molecule has 156 valence electrons. The number of nitrogens with zero attached hydrogens (tertiary/aromatic N) is 2. The highest BCUT2D eigenvalue weighted by Gasteiger charge is 2.38. The minimum atomic E-state index is -5.17. The van der Waals surface area contributed by atoms with Crippen LogP contribution < -0.4 is 5.73 Å². The Labute approximate surface area is 160 Å². The number of pyridine rings is 1. The Morgan fingerprint density at radius 3 is 2.10 bits per heavy atom. The second-order valence-electron chi connectivity index (χ2n) is 6.11. The highest BCUT2D eigenvalue weighted by Crippen LogP contribution is 2.38. The van der Waals surface area contributed by atoms with Crippen molar-refractivity contribution in [2.75, 3.05) is 6.54 Å². The first-order chi connectivity index (χ1) is 13.4. The first-order valence-corrected chi connectivity index (χ1v) is 9.50. The van der Waals surface area contributed by atoms with Crippen LogP contribution >= 0.6 is 0 Å². The van der Waals surface area contributed by atoms with Crippen LogP contribution in [0, 0.1) is 0 Å². The number of hydrogen-bond donors (Lipinski definition) is 1. The maximum Gasteiger partial charge on any atom is 0.416 e. The maximum absolute atomic E-state index is 13.1. The number of nitrogens with two attached hydrogens (primary N) is 1. The molecule has 1 aromatic carbocycles. The largest absolute Gasteiger partial charge is 0.416 e.